The highest BCUT2D eigenvalue weighted by Gasteiger charge is 2.48. The van der Waals surface area contributed by atoms with Crippen LogP contribution in [0, 0.1) is 0 Å². The summed E-state index contributed by atoms with van der Waals surface area (Å²) < 4.78 is 12.6. The lowest BCUT2D eigenvalue weighted by atomic mass is 9.67. The van der Waals surface area contributed by atoms with Crippen molar-refractivity contribution in [2.45, 2.75) is 17.8 Å². The zero-order valence-electron chi connectivity index (χ0n) is 44.3. The minimum Gasteiger partial charge on any atom is -0.461 e. The van der Waals surface area contributed by atoms with Gasteiger partial charge >= 0.3 is 0 Å². The Morgan fingerprint density at radius 2 is 0.938 bits per heavy atom. The molecular formula is C77H52N2O2. The highest BCUT2D eigenvalue weighted by atomic mass is 16.5. The van der Waals surface area contributed by atoms with Gasteiger partial charge in [0.05, 0.1) is 11.1 Å². The maximum Gasteiger partial charge on any atom is 0.135 e. The molecule has 0 radical (unpaired) electrons. The average molecular weight is 1040 g/mol. The van der Waals surface area contributed by atoms with Gasteiger partial charge in [-0.25, -0.2) is 0 Å². The maximum atomic E-state index is 6.34. The van der Waals surface area contributed by atoms with Gasteiger partial charge in [-0.3, -0.25) is 0 Å². The van der Waals surface area contributed by atoms with Gasteiger partial charge < -0.3 is 19.0 Å². The summed E-state index contributed by atoms with van der Waals surface area (Å²) in [5, 5.41) is 4.59. The summed E-state index contributed by atoms with van der Waals surface area (Å²) >= 11 is 0. The van der Waals surface area contributed by atoms with Crippen LogP contribution in [0.3, 0.4) is 0 Å². The molecule has 3 aliphatic rings. The normalized spacial score (nSPS) is 14.6. The van der Waals surface area contributed by atoms with Gasteiger partial charge in [-0.2, -0.15) is 0 Å². The van der Waals surface area contributed by atoms with Crippen molar-refractivity contribution in [1.29, 1.82) is 0 Å². The molecule has 4 nitrogen and oxygen atoms in total. The van der Waals surface area contributed by atoms with Crippen LogP contribution in [0.2, 0.25) is 0 Å². The molecular weight excluding hydrogens is 985 g/mol. The Labute approximate surface area is 471 Å². The number of hydrogen-bond donors (Lipinski definition) is 0. The maximum absolute atomic E-state index is 6.34. The third kappa shape index (κ3) is 7.52. The van der Waals surface area contributed by atoms with Gasteiger partial charge in [0.25, 0.3) is 0 Å². The highest BCUT2D eigenvalue weighted by Crippen LogP contribution is 2.61. The number of anilines is 6. The zero-order valence-corrected chi connectivity index (χ0v) is 44.3. The van der Waals surface area contributed by atoms with E-state index >= 15 is 0 Å². The topological polar surface area (TPSA) is 28.9 Å². The predicted molar refractivity (Wildman–Crippen MR) is 334 cm³/mol. The summed E-state index contributed by atoms with van der Waals surface area (Å²) in [6.07, 6.45) is 5.29. The van der Waals surface area contributed by atoms with Crippen molar-refractivity contribution in [3.63, 3.8) is 0 Å². The molecule has 81 heavy (non-hydrogen) atoms. The second-order valence-corrected chi connectivity index (χ2v) is 21.5. The molecule has 0 fully saturated rings. The first-order valence-corrected chi connectivity index (χ1v) is 28.0. The number of ether oxygens (including phenoxy) is 1. The molecule has 2 aliphatic carbocycles. The van der Waals surface area contributed by atoms with Crippen molar-refractivity contribution in [2.75, 3.05) is 9.80 Å². The number of rotatable bonds is 10. The summed E-state index contributed by atoms with van der Waals surface area (Å²) in [6.45, 7) is 0. The first-order chi connectivity index (χ1) is 40.2. The zero-order chi connectivity index (χ0) is 53.4. The van der Waals surface area contributed by atoms with Gasteiger partial charge in [0.15, 0.2) is 0 Å². The van der Waals surface area contributed by atoms with Gasteiger partial charge in [0.1, 0.15) is 22.7 Å². The molecule has 12 aromatic carbocycles. The fraction of sp³-hybridized carbons (Fsp3) is 0.0390. The van der Waals surface area contributed by atoms with Gasteiger partial charge in [-0.1, -0.05) is 200 Å². The van der Waals surface area contributed by atoms with Crippen molar-refractivity contribution in [3.8, 4) is 28.0 Å². The van der Waals surface area contributed by atoms with E-state index in [2.05, 4.69) is 295 Å². The van der Waals surface area contributed by atoms with Crippen molar-refractivity contribution in [1.82, 2.24) is 0 Å². The Hall–Kier alpha value is -10.4. The third-order valence-electron chi connectivity index (χ3n) is 17.1. The molecule has 0 saturated heterocycles. The Balaban J connectivity index is 0.900. The highest BCUT2D eigenvalue weighted by molar-refractivity contribution is 6.12. The SMILES string of the molecule is C1=C(c2cccc(N(c3ccccc3)c3ccc4c(c3)C(c3ccccc3)(c3ccccc3)c3cc(N(c5ccccc5)c5cccc(-c6ccc7oc8ccccc8c7c6)c5)c5ccccc5c3-4)c2)CC2C(=C1)Oc1ccccc12. The van der Waals surface area contributed by atoms with Crippen LogP contribution in [0.5, 0.6) is 5.75 Å². The van der Waals surface area contributed by atoms with Crippen LogP contribution in [0.25, 0.3) is 60.5 Å². The number of furan rings is 1. The lowest BCUT2D eigenvalue weighted by molar-refractivity contribution is 0.426. The summed E-state index contributed by atoms with van der Waals surface area (Å²) in [5.41, 5.74) is 20.8. The average Bonchev–Trinajstić information content (AvgIpc) is 3.16. The second-order valence-electron chi connectivity index (χ2n) is 21.5. The lowest BCUT2D eigenvalue weighted by Crippen LogP contribution is -2.29. The first-order valence-electron chi connectivity index (χ1n) is 28.0. The van der Waals surface area contributed by atoms with Crippen molar-refractivity contribution in [2.24, 2.45) is 0 Å². The van der Waals surface area contributed by atoms with E-state index in [0.29, 0.717) is 0 Å². The molecule has 382 valence electrons. The van der Waals surface area contributed by atoms with Crippen molar-refractivity contribution in [3.05, 3.63) is 336 Å². The quantitative estimate of drug-likeness (QED) is 0.136. The van der Waals surface area contributed by atoms with Crippen LogP contribution < -0.4 is 14.5 Å². The Morgan fingerprint density at radius 1 is 0.370 bits per heavy atom. The minimum atomic E-state index is -0.740. The molecule has 0 bridgehead atoms. The van der Waals surface area contributed by atoms with Gasteiger partial charge in [0, 0.05) is 56.1 Å². The van der Waals surface area contributed by atoms with E-state index in [1.165, 1.54) is 55.5 Å². The van der Waals surface area contributed by atoms with Crippen molar-refractivity contribution >= 4 is 72.4 Å². The summed E-state index contributed by atoms with van der Waals surface area (Å²) in [7, 11) is 0. The van der Waals surface area contributed by atoms with E-state index in [1.807, 2.05) is 12.1 Å². The van der Waals surface area contributed by atoms with Gasteiger partial charge in [-0.15, -0.1) is 0 Å². The van der Waals surface area contributed by atoms with E-state index in [1.54, 1.807) is 0 Å². The van der Waals surface area contributed by atoms with Gasteiger partial charge in [0.2, 0.25) is 0 Å². The first kappa shape index (κ1) is 46.7. The lowest BCUT2D eigenvalue weighted by Gasteiger charge is -2.36. The molecule has 0 saturated carbocycles. The fourth-order valence-electron chi connectivity index (χ4n) is 13.5. The number of hydrogen-bond acceptors (Lipinski definition) is 4. The van der Waals surface area contributed by atoms with Crippen LogP contribution in [0.15, 0.2) is 307 Å². The molecule has 1 aliphatic heterocycles. The number of benzene rings is 12. The predicted octanol–water partition coefficient (Wildman–Crippen LogP) is 20.6. The smallest absolute Gasteiger partial charge is 0.135 e. The molecule has 13 aromatic rings. The largest absolute Gasteiger partial charge is 0.461 e. The number of nitrogens with zero attached hydrogens (tertiary/aromatic N) is 2. The standard InChI is InChI=1S/C77H52N2O2/c1-5-23-55(24-6-1)77(56-25-7-2-8-26-56)69-49-61(78(57-27-9-3-10-28-57)59-31-19-21-51(45-59)53-39-43-74-67(47-53)63-34-15-17-37-72(63)80-74)41-42-66(69)76-65-36-14-13-33-62(65)71(50-70(76)77)79(58-29-11-4-12-30-58)60-32-20-22-52(46-60)54-40-44-75-68(48-54)64-35-16-18-38-73(64)81-75/h1-46,48-50,67H,47H2. The summed E-state index contributed by atoms with van der Waals surface area (Å²) in [6, 6.07) is 104. The van der Waals surface area contributed by atoms with E-state index in [-0.39, 0.29) is 5.92 Å². The van der Waals surface area contributed by atoms with E-state index in [0.717, 1.165) is 90.5 Å². The Kier molecular flexibility index (Phi) is 10.9. The number of allylic oxidation sites excluding steroid dienone is 4. The van der Waals surface area contributed by atoms with Crippen LogP contribution >= 0.6 is 0 Å². The molecule has 0 spiro atoms. The molecule has 1 aromatic heterocycles. The van der Waals surface area contributed by atoms with E-state index in [9.17, 15) is 0 Å². The van der Waals surface area contributed by atoms with Crippen LogP contribution in [-0.2, 0) is 5.41 Å². The second kappa shape index (κ2) is 18.9. The van der Waals surface area contributed by atoms with Crippen molar-refractivity contribution < 1.29 is 9.15 Å². The molecule has 1 unspecified atom stereocenters. The minimum absolute atomic E-state index is 0.198. The monoisotopic (exact) mass is 1040 g/mol. The molecule has 4 heteroatoms. The molecule has 0 N–H and O–H groups in total. The fourth-order valence-corrected chi connectivity index (χ4v) is 13.5. The van der Waals surface area contributed by atoms with E-state index in [4.69, 9.17) is 9.15 Å². The van der Waals surface area contributed by atoms with Crippen LogP contribution in [0.1, 0.15) is 45.7 Å². The van der Waals surface area contributed by atoms with Crippen LogP contribution in [-0.4, -0.2) is 0 Å². The van der Waals surface area contributed by atoms with Crippen LogP contribution in [0.4, 0.5) is 34.1 Å². The Morgan fingerprint density at radius 3 is 1.69 bits per heavy atom. The summed E-state index contributed by atoms with van der Waals surface area (Å²) in [5.74, 6) is 2.19. The number of fused-ring (bicyclic) bond motifs is 11. The molecule has 1 atom stereocenters. The number of para-hydroxylation sites is 4. The Bertz CT molecular complexity index is 4620. The third-order valence-corrected chi connectivity index (χ3v) is 17.1. The molecule has 2 heterocycles. The molecule has 16 rings (SSSR count). The summed E-state index contributed by atoms with van der Waals surface area (Å²) in [4.78, 5) is 4.90. The van der Waals surface area contributed by atoms with E-state index < -0.39 is 5.41 Å². The molecule has 0 amide bonds. The van der Waals surface area contributed by atoms with Gasteiger partial charge in [-0.05, 0) is 165 Å².